The van der Waals surface area contributed by atoms with Gasteiger partial charge in [-0.25, -0.2) is 4.98 Å². The topological polar surface area (TPSA) is 31.4 Å². The van der Waals surface area contributed by atoms with Crippen molar-refractivity contribution in [2.45, 2.75) is 45.3 Å². The van der Waals surface area contributed by atoms with Crippen molar-refractivity contribution in [2.75, 3.05) is 32.1 Å². The lowest BCUT2D eigenvalue weighted by Gasteiger charge is -2.28. The van der Waals surface area contributed by atoms with Crippen molar-refractivity contribution in [2.24, 2.45) is 0 Å². The van der Waals surface area contributed by atoms with Gasteiger partial charge in [0.05, 0.1) is 0 Å². The highest BCUT2D eigenvalue weighted by molar-refractivity contribution is 5.46. The molecule has 1 fully saturated rings. The average molecular weight is 276 g/mol. The lowest BCUT2D eigenvalue weighted by molar-refractivity contribution is 0.314. The van der Waals surface area contributed by atoms with Crippen LogP contribution in [0.1, 0.15) is 32.3 Å². The second-order valence-electron chi connectivity index (χ2n) is 6.18. The number of nitrogens with zero attached hydrogens (tertiary/aromatic N) is 3. The van der Waals surface area contributed by atoms with E-state index in [1.165, 1.54) is 24.9 Å². The quantitative estimate of drug-likeness (QED) is 0.862. The lowest BCUT2D eigenvalue weighted by Crippen LogP contribution is -2.37. The Balaban J connectivity index is 2.02. The summed E-state index contributed by atoms with van der Waals surface area (Å²) < 4.78 is 0. The molecule has 0 radical (unpaired) electrons. The first-order valence-electron chi connectivity index (χ1n) is 7.66. The molecule has 112 valence electrons. The predicted octanol–water partition coefficient (Wildman–Crippen LogP) is 2.11. The van der Waals surface area contributed by atoms with Gasteiger partial charge in [0.1, 0.15) is 5.82 Å². The van der Waals surface area contributed by atoms with E-state index in [4.69, 9.17) is 0 Å². The van der Waals surface area contributed by atoms with Crippen molar-refractivity contribution in [3.8, 4) is 0 Å². The van der Waals surface area contributed by atoms with E-state index in [-0.39, 0.29) is 0 Å². The molecule has 0 amide bonds. The SMILES string of the molecule is CC(C)NCc1cccnc1N(C)CC1CCCN1C. The molecule has 1 aliphatic heterocycles. The summed E-state index contributed by atoms with van der Waals surface area (Å²) in [6.07, 6.45) is 4.51. The monoisotopic (exact) mass is 276 g/mol. The number of nitrogens with one attached hydrogen (secondary N) is 1. The summed E-state index contributed by atoms with van der Waals surface area (Å²) >= 11 is 0. The second-order valence-corrected chi connectivity index (χ2v) is 6.18. The van der Waals surface area contributed by atoms with Gasteiger partial charge in [-0.1, -0.05) is 19.9 Å². The van der Waals surface area contributed by atoms with E-state index in [1.807, 2.05) is 12.3 Å². The maximum absolute atomic E-state index is 4.59. The van der Waals surface area contributed by atoms with Gasteiger partial charge in [0.25, 0.3) is 0 Å². The van der Waals surface area contributed by atoms with Gasteiger partial charge in [-0.15, -0.1) is 0 Å². The smallest absolute Gasteiger partial charge is 0.132 e. The second kappa shape index (κ2) is 7.04. The van der Waals surface area contributed by atoms with Gasteiger partial charge in [-0.3, -0.25) is 0 Å². The summed E-state index contributed by atoms with van der Waals surface area (Å²) in [6.45, 7) is 7.51. The lowest BCUT2D eigenvalue weighted by atomic mass is 10.2. The van der Waals surface area contributed by atoms with Crippen LogP contribution in [0.15, 0.2) is 18.3 Å². The van der Waals surface area contributed by atoms with Crippen molar-refractivity contribution in [3.05, 3.63) is 23.9 Å². The van der Waals surface area contributed by atoms with Crippen LogP contribution in [0.25, 0.3) is 0 Å². The summed E-state index contributed by atoms with van der Waals surface area (Å²) in [6, 6.07) is 5.35. The summed E-state index contributed by atoms with van der Waals surface area (Å²) in [4.78, 5) is 9.36. The molecule has 0 bridgehead atoms. The molecule has 1 atom stereocenters. The van der Waals surface area contributed by atoms with Crippen molar-refractivity contribution < 1.29 is 0 Å². The van der Waals surface area contributed by atoms with Crippen LogP contribution >= 0.6 is 0 Å². The van der Waals surface area contributed by atoms with E-state index in [0.717, 1.165) is 18.9 Å². The van der Waals surface area contributed by atoms with Crippen molar-refractivity contribution in [1.82, 2.24) is 15.2 Å². The first kappa shape index (κ1) is 15.3. The van der Waals surface area contributed by atoms with E-state index in [0.29, 0.717) is 12.1 Å². The summed E-state index contributed by atoms with van der Waals surface area (Å²) in [7, 11) is 4.39. The number of anilines is 1. The van der Waals surface area contributed by atoms with Crippen molar-refractivity contribution >= 4 is 5.82 Å². The highest BCUT2D eigenvalue weighted by Crippen LogP contribution is 2.20. The predicted molar refractivity (Wildman–Crippen MR) is 85.1 cm³/mol. The third-order valence-electron chi connectivity index (χ3n) is 4.09. The molecular formula is C16H28N4. The Kier molecular flexibility index (Phi) is 5.38. The molecule has 2 rings (SSSR count). The molecule has 20 heavy (non-hydrogen) atoms. The highest BCUT2D eigenvalue weighted by Gasteiger charge is 2.23. The maximum Gasteiger partial charge on any atom is 0.132 e. The first-order chi connectivity index (χ1) is 9.58. The van der Waals surface area contributed by atoms with E-state index in [9.17, 15) is 0 Å². The van der Waals surface area contributed by atoms with Crippen LogP contribution in [0.2, 0.25) is 0 Å². The van der Waals surface area contributed by atoms with E-state index >= 15 is 0 Å². The molecule has 4 heteroatoms. The van der Waals surface area contributed by atoms with Crippen LogP contribution in [-0.2, 0) is 6.54 Å². The largest absolute Gasteiger partial charge is 0.358 e. The number of aromatic nitrogens is 1. The summed E-state index contributed by atoms with van der Waals surface area (Å²) in [5, 5.41) is 3.48. The first-order valence-corrected chi connectivity index (χ1v) is 7.66. The van der Waals surface area contributed by atoms with Gasteiger partial charge in [-0.2, -0.15) is 0 Å². The molecule has 0 saturated carbocycles. The molecule has 0 aromatic carbocycles. The molecule has 1 aromatic heterocycles. The number of hydrogen-bond acceptors (Lipinski definition) is 4. The number of likely N-dealkylation sites (N-methyl/N-ethyl adjacent to an activating group) is 2. The maximum atomic E-state index is 4.59. The molecule has 0 spiro atoms. The molecule has 1 aromatic rings. The third-order valence-corrected chi connectivity index (χ3v) is 4.09. The molecule has 1 aliphatic rings. The number of rotatable bonds is 6. The summed E-state index contributed by atoms with van der Waals surface area (Å²) in [5.41, 5.74) is 1.28. The Labute approximate surface area is 123 Å². The Bertz CT molecular complexity index is 419. The minimum absolute atomic E-state index is 0.495. The molecule has 2 heterocycles. The van der Waals surface area contributed by atoms with Crippen LogP contribution in [-0.4, -0.2) is 49.2 Å². The minimum Gasteiger partial charge on any atom is -0.358 e. The van der Waals surface area contributed by atoms with Crippen LogP contribution in [0.5, 0.6) is 0 Å². The standard InChI is InChI=1S/C16H28N4/c1-13(2)18-11-14-7-5-9-17-16(14)20(4)12-15-8-6-10-19(15)3/h5,7,9,13,15,18H,6,8,10-12H2,1-4H3. The van der Waals surface area contributed by atoms with Gasteiger partial charge < -0.3 is 15.1 Å². The van der Waals surface area contributed by atoms with Crippen molar-refractivity contribution in [1.29, 1.82) is 0 Å². The fraction of sp³-hybridized carbons (Fsp3) is 0.688. The van der Waals surface area contributed by atoms with Crippen LogP contribution in [0, 0.1) is 0 Å². The normalized spacial score (nSPS) is 19.8. The van der Waals surface area contributed by atoms with Gasteiger partial charge in [0.15, 0.2) is 0 Å². The van der Waals surface area contributed by atoms with Crippen LogP contribution in [0.3, 0.4) is 0 Å². The Morgan fingerprint density at radius 2 is 2.30 bits per heavy atom. The minimum atomic E-state index is 0.495. The van der Waals surface area contributed by atoms with E-state index < -0.39 is 0 Å². The number of hydrogen-bond donors (Lipinski definition) is 1. The molecular weight excluding hydrogens is 248 g/mol. The third kappa shape index (κ3) is 3.93. The molecule has 4 nitrogen and oxygen atoms in total. The number of pyridine rings is 1. The average Bonchev–Trinajstić information content (AvgIpc) is 2.82. The van der Waals surface area contributed by atoms with Crippen LogP contribution < -0.4 is 10.2 Å². The fourth-order valence-electron chi connectivity index (χ4n) is 2.84. The zero-order valence-electron chi connectivity index (χ0n) is 13.3. The molecule has 1 saturated heterocycles. The highest BCUT2D eigenvalue weighted by atomic mass is 15.2. The van der Waals surface area contributed by atoms with Gasteiger partial charge >= 0.3 is 0 Å². The zero-order valence-corrected chi connectivity index (χ0v) is 13.3. The Morgan fingerprint density at radius 3 is 2.95 bits per heavy atom. The van der Waals surface area contributed by atoms with E-state index in [1.54, 1.807) is 0 Å². The molecule has 0 aliphatic carbocycles. The van der Waals surface area contributed by atoms with Gasteiger partial charge in [0.2, 0.25) is 0 Å². The van der Waals surface area contributed by atoms with Crippen LogP contribution in [0.4, 0.5) is 5.82 Å². The van der Waals surface area contributed by atoms with Gasteiger partial charge in [0, 0.05) is 44.0 Å². The molecule has 1 unspecified atom stereocenters. The Morgan fingerprint density at radius 1 is 1.50 bits per heavy atom. The zero-order chi connectivity index (χ0) is 14.5. The molecule has 1 N–H and O–H groups in total. The summed E-state index contributed by atoms with van der Waals surface area (Å²) in [5.74, 6) is 1.11. The van der Waals surface area contributed by atoms with Crippen molar-refractivity contribution in [3.63, 3.8) is 0 Å². The number of likely N-dealkylation sites (tertiary alicyclic amines) is 1. The fourth-order valence-corrected chi connectivity index (χ4v) is 2.84. The van der Waals surface area contributed by atoms with Gasteiger partial charge in [-0.05, 0) is 32.5 Å². The van der Waals surface area contributed by atoms with E-state index in [2.05, 4.69) is 54.1 Å². The Hall–Kier alpha value is -1.13.